The number of thioether (sulfide) groups is 1. The van der Waals surface area contributed by atoms with E-state index < -0.39 is 0 Å². The van der Waals surface area contributed by atoms with E-state index in [1.165, 1.54) is 30.2 Å². The van der Waals surface area contributed by atoms with Crippen molar-refractivity contribution >= 4 is 11.8 Å². The quantitative estimate of drug-likeness (QED) is 0.877. The molecule has 1 atom stereocenters. The molecule has 2 aliphatic heterocycles. The Balaban J connectivity index is 1.79. The lowest BCUT2D eigenvalue weighted by molar-refractivity contribution is 0.0802. The van der Waals surface area contributed by atoms with Gasteiger partial charge in [0.05, 0.1) is 0 Å². The van der Waals surface area contributed by atoms with Crippen molar-refractivity contribution in [3.63, 3.8) is 0 Å². The fraction of sp³-hybridized carbons (Fsp3) is 0.600. The Morgan fingerprint density at radius 3 is 2.76 bits per heavy atom. The topological polar surface area (TPSA) is 12.0 Å². The Kier molecular flexibility index (Phi) is 2.95. The van der Waals surface area contributed by atoms with Crippen LogP contribution in [0.3, 0.4) is 0 Å². The Morgan fingerprint density at radius 2 is 2.12 bits per heavy atom. The molecule has 0 bridgehead atoms. The van der Waals surface area contributed by atoms with Gasteiger partial charge in [-0.1, -0.05) is 32.0 Å². The summed E-state index contributed by atoms with van der Waals surface area (Å²) in [6.07, 6.45) is 1.36. The third kappa shape index (κ3) is 1.92. The van der Waals surface area contributed by atoms with Gasteiger partial charge in [-0.25, -0.2) is 0 Å². The van der Waals surface area contributed by atoms with Gasteiger partial charge in [-0.3, -0.25) is 0 Å². The largest absolute Gasteiger partial charge is 0.316 e. The fourth-order valence-electron chi connectivity index (χ4n) is 3.12. The lowest BCUT2D eigenvalue weighted by Gasteiger charge is -2.48. The van der Waals surface area contributed by atoms with Crippen LogP contribution in [0.1, 0.15) is 31.7 Å². The molecule has 92 valence electrons. The first-order valence-electron chi connectivity index (χ1n) is 6.64. The summed E-state index contributed by atoms with van der Waals surface area (Å²) in [7, 11) is 0. The summed E-state index contributed by atoms with van der Waals surface area (Å²) < 4.78 is 0. The van der Waals surface area contributed by atoms with E-state index in [4.69, 9.17) is 0 Å². The highest BCUT2D eigenvalue weighted by atomic mass is 32.2. The SMILES string of the molecule is CC(C)C1(CC2CSc3ccccc32)CNC1. The molecule has 1 fully saturated rings. The van der Waals surface area contributed by atoms with Crippen molar-refractivity contribution in [2.75, 3.05) is 18.8 Å². The summed E-state index contributed by atoms with van der Waals surface area (Å²) in [5.74, 6) is 2.86. The van der Waals surface area contributed by atoms with Crippen LogP contribution in [0.15, 0.2) is 29.2 Å². The molecular formula is C15H21NS. The van der Waals surface area contributed by atoms with Crippen LogP contribution in [-0.2, 0) is 0 Å². The van der Waals surface area contributed by atoms with E-state index in [0.29, 0.717) is 5.41 Å². The molecule has 0 aromatic heterocycles. The molecule has 17 heavy (non-hydrogen) atoms. The second-order valence-corrected chi connectivity index (χ2v) is 6.93. The standard InChI is InChI=1S/C15H21NS/c1-11(2)15(9-16-10-15)7-12-8-17-14-6-4-3-5-13(12)14/h3-6,11-12,16H,7-10H2,1-2H3. The zero-order chi connectivity index (χ0) is 11.9. The second-order valence-electron chi connectivity index (χ2n) is 5.87. The molecule has 2 heteroatoms. The third-order valence-electron chi connectivity index (χ3n) is 4.63. The molecule has 1 nitrogen and oxygen atoms in total. The highest BCUT2D eigenvalue weighted by Gasteiger charge is 2.42. The van der Waals surface area contributed by atoms with Gasteiger partial charge in [0.2, 0.25) is 0 Å². The minimum absolute atomic E-state index is 0.558. The minimum atomic E-state index is 0.558. The zero-order valence-electron chi connectivity index (χ0n) is 10.7. The van der Waals surface area contributed by atoms with E-state index in [-0.39, 0.29) is 0 Å². The molecule has 3 rings (SSSR count). The number of rotatable bonds is 3. The lowest BCUT2D eigenvalue weighted by atomic mass is 9.66. The van der Waals surface area contributed by atoms with Crippen LogP contribution in [0.25, 0.3) is 0 Å². The molecule has 1 saturated heterocycles. The normalized spacial score (nSPS) is 25.7. The highest BCUT2D eigenvalue weighted by Crippen LogP contribution is 2.48. The number of benzene rings is 1. The average molecular weight is 247 g/mol. The van der Waals surface area contributed by atoms with Crippen molar-refractivity contribution in [3.8, 4) is 0 Å². The molecule has 0 spiro atoms. The summed E-state index contributed by atoms with van der Waals surface area (Å²) in [6, 6.07) is 8.97. The number of hydrogen-bond donors (Lipinski definition) is 1. The van der Waals surface area contributed by atoms with Gasteiger partial charge in [-0.05, 0) is 35.3 Å². The molecule has 1 aromatic carbocycles. The van der Waals surface area contributed by atoms with Crippen LogP contribution < -0.4 is 5.32 Å². The van der Waals surface area contributed by atoms with Crippen molar-refractivity contribution in [2.45, 2.75) is 31.1 Å². The highest BCUT2D eigenvalue weighted by molar-refractivity contribution is 7.99. The molecule has 0 aliphatic carbocycles. The first kappa shape index (κ1) is 11.6. The molecule has 1 unspecified atom stereocenters. The number of hydrogen-bond acceptors (Lipinski definition) is 2. The Hall–Kier alpha value is -0.470. The predicted molar refractivity (Wildman–Crippen MR) is 74.7 cm³/mol. The lowest BCUT2D eigenvalue weighted by Crippen LogP contribution is -2.57. The van der Waals surface area contributed by atoms with Gasteiger partial charge in [0.25, 0.3) is 0 Å². The van der Waals surface area contributed by atoms with Crippen molar-refractivity contribution in [1.29, 1.82) is 0 Å². The smallest absolute Gasteiger partial charge is 0.0107 e. The maximum Gasteiger partial charge on any atom is 0.0107 e. The maximum absolute atomic E-state index is 3.47. The molecule has 1 N–H and O–H groups in total. The van der Waals surface area contributed by atoms with Crippen LogP contribution >= 0.6 is 11.8 Å². The van der Waals surface area contributed by atoms with Crippen LogP contribution in [0.4, 0.5) is 0 Å². The van der Waals surface area contributed by atoms with Gasteiger partial charge in [-0.15, -0.1) is 11.8 Å². The van der Waals surface area contributed by atoms with E-state index in [1.807, 2.05) is 11.8 Å². The van der Waals surface area contributed by atoms with Crippen LogP contribution in [0.5, 0.6) is 0 Å². The molecule has 1 aromatic rings. The summed E-state index contributed by atoms with van der Waals surface area (Å²) in [4.78, 5) is 1.52. The van der Waals surface area contributed by atoms with Gasteiger partial charge >= 0.3 is 0 Å². The fourth-order valence-corrected chi connectivity index (χ4v) is 4.38. The Bertz CT molecular complexity index is 409. The van der Waals surface area contributed by atoms with E-state index in [2.05, 4.69) is 43.4 Å². The van der Waals surface area contributed by atoms with E-state index in [9.17, 15) is 0 Å². The Morgan fingerprint density at radius 1 is 1.35 bits per heavy atom. The summed E-state index contributed by atoms with van der Waals surface area (Å²) in [5.41, 5.74) is 2.16. The van der Waals surface area contributed by atoms with E-state index in [1.54, 1.807) is 5.56 Å². The van der Waals surface area contributed by atoms with Gasteiger partial charge in [-0.2, -0.15) is 0 Å². The third-order valence-corrected chi connectivity index (χ3v) is 5.88. The van der Waals surface area contributed by atoms with Gasteiger partial charge in [0.1, 0.15) is 0 Å². The first-order valence-corrected chi connectivity index (χ1v) is 7.62. The molecule has 2 heterocycles. The average Bonchev–Trinajstić information content (AvgIpc) is 2.66. The molecular weight excluding hydrogens is 226 g/mol. The molecule has 0 amide bonds. The molecule has 0 saturated carbocycles. The van der Waals surface area contributed by atoms with Crippen molar-refractivity contribution in [3.05, 3.63) is 29.8 Å². The van der Waals surface area contributed by atoms with Gasteiger partial charge in [0.15, 0.2) is 0 Å². The van der Waals surface area contributed by atoms with E-state index >= 15 is 0 Å². The molecule has 0 radical (unpaired) electrons. The van der Waals surface area contributed by atoms with Gasteiger partial charge in [0, 0.05) is 23.7 Å². The number of nitrogens with one attached hydrogen (secondary N) is 1. The van der Waals surface area contributed by atoms with Crippen molar-refractivity contribution in [1.82, 2.24) is 5.32 Å². The van der Waals surface area contributed by atoms with Crippen LogP contribution in [0, 0.1) is 11.3 Å². The van der Waals surface area contributed by atoms with Crippen LogP contribution in [-0.4, -0.2) is 18.8 Å². The molecule has 2 aliphatic rings. The summed E-state index contributed by atoms with van der Waals surface area (Å²) in [6.45, 7) is 7.20. The van der Waals surface area contributed by atoms with Crippen LogP contribution in [0.2, 0.25) is 0 Å². The summed E-state index contributed by atoms with van der Waals surface area (Å²) >= 11 is 2.04. The monoisotopic (exact) mass is 247 g/mol. The van der Waals surface area contributed by atoms with Crippen molar-refractivity contribution < 1.29 is 0 Å². The minimum Gasteiger partial charge on any atom is -0.316 e. The van der Waals surface area contributed by atoms with E-state index in [0.717, 1.165) is 11.8 Å². The van der Waals surface area contributed by atoms with Crippen molar-refractivity contribution in [2.24, 2.45) is 11.3 Å². The zero-order valence-corrected chi connectivity index (χ0v) is 11.5. The number of fused-ring (bicyclic) bond motifs is 1. The first-order chi connectivity index (χ1) is 8.21. The maximum atomic E-state index is 3.47. The Labute approximate surface area is 108 Å². The summed E-state index contributed by atoms with van der Waals surface area (Å²) in [5, 5.41) is 3.47. The van der Waals surface area contributed by atoms with Gasteiger partial charge < -0.3 is 5.32 Å². The second kappa shape index (κ2) is 4.33. The predicted octanol–water partition coefficient (Wildman–Crippen LogP) is 3.51.